The number of aromatic carboxylic acids is 1. The van der Waals surface area contributed by atoms with Gasteiger partial charge >= 0.3 is 5.97 Å². The fraction of sp³-hybridized carbons (Fsp3) is 0.250. The third-order valence-electron chi connectivity index (χ3n) is 2.01. The van der Waals surface area contributed by atoms with E-state index in [0.29, 0.717) is 18.5 Å². The monoisotopic (exact) mass is 247 g/mol. The molecule has 1 aromatic heterocycles. The molecular formula is C12H13N3O3. The van der Waals surface area contributed by atoms with Crippen LogP contribution in [0.25, 0.3) is 0 Å². The molecule has 6 nitrogen and oxygen atoms in total. The number of anilines is 1. The van der Waals surface area contributed by atoms with Crippen molar-refractivity contribution in [3.63, 3.8) is 0 Å². The zero-order valence-corrected chi connectivity index (χ0v) is 9.86. The van der Waals surface area contributed by atoms with E-state index in [1.165, 1.54) is 19.2 Å². The number of carbonyl (C=O) groups excluding carboxylic acids is 1. The minimum Gasteiger partial charge on any atom is -0.478 e. The number of amides is 1. The molecule has 1 amide bonds. The van der Waals surface area contributed by atoms with Crippen LogP contribution >= 0.6 is 0 Å². The number of nitrogen functional groups attached to an aromatic ring is 1. The van der Waals surface area contributed by atoms with Crippen molar-refractivity contribution in [2.75, 3.05) is 12.3 Å². The van der Waals surface area contributed by atoms with Crippen molar-refractivity contribution < 1.29 is 14.7 Å². The van der Waals surface area contributed by atoms with Crippen molar-refractivity contribution in [3.8, 4) is 11.8 Å². The van der Waals surface area contributed by atoms with Gasteiger partial charge in [0.25, 0.3) is 0 Å². The van der Waals surface area contributed by atoms with Gasteiger partial charge in [0.15, 0.2) is 0 Å². The van der Waals surface area contributed by atoms with Crippen LogP contribution in [-0.4, -0.2) is 28.5 Å². The Morgan fingerprint density at radius 2 is 2.28 bits per heavy atom. The van der Waals surface area contributed by atoms with Crippen LogP contribution in [0.1, 0.15) is 29.3 Å². The third kappa shape index (κ3) is 4.14. The second kappa shape index (κ2) is 6.25. The third-order valence-corrected chi connectivity index (χ3v) is 2.01. The first kappa shape index (κ1) is 13.5. The Morgan fingerprint density at radius 1 is 1.56 bits per heavy atom. The van der Waals surface area contributed by atoms with Crippen molar-refractivity contribution in [3.05, 3.63) is 23.4 Å². The zero-order valence-electron chi connectivity index (χ0n) is 9.86. The highest BCUT2D eigenvalue weighted by Gasteiger charge is 2.08. The lowest BCUT2D eigenvalue weighted by Crippen LogP contribution is -2.20. The topological polar surface area (TPSA) is 105 Å². The number of hydrogen-bond donors (Lipinski definition) is 3. The Labute approximate surface area is 104 Å². The highest BCUT2D eigenvalue weighted by Crippen LogP contribution is 2.09. The molecule has 0 saturated heterocycles. The lowest BCUT2D eigenvalue weighted by Gasteiger charge is -1.99. The van der Waals surface area contributed by atoms with Gasteiger partial charge in [0.2, 0.25) is 5.91 Å². The normalized spacial score (nSPS) is 9.17. The summed E-state index contributed by atoms with van der Waals surface area (Å²) in [5.41, 5.74) is 5.82. The molecule has 1 heterocycles. The highest BCUT2D eigenvalue weighted by atomic mass is 16.4. The smallest absolute Gasteiger partial charge is 0.339 e. The Balaban J connectivity index is 2.68. The lowest BCUT2D eigenvalue weighted by molar-refractivity contribution is -0.118. The van der Waals surface area contributed by atoms with Gasteiger partial charge in [0, 0.05) is 31.6 Å². The summed E-state index contributed by atoms with van der Waals surface area (Å²) in [7, 11) is 0. The number of pyridine rings is 1. The van der Waals surface area contributed by atoms with Crippen molar-refractivity contribution in [1.29, 1.82) is 0 Å². The first-order chi connectivity index (χ1) is 8.50. The molecule has 0 spiro atoms. The van der Waals surface area contributed by atoms with Crippen molar-refractivity contribution in [2.24, 2.45) is 0 Å². The lowest BCUT2D eigenvalue weighted by atomic mass is 10.2. The summed E-state index contributed by atoms with van der Waals surface area (Å²) in [6.45, 7) is 1.88. The van der Waals surface area contributed by atoms with Gasteiger partial charge in [-0.1, -0.05) is 11.8 Å². The van der Waals surface area contributed by atoms with Gasteiger partial charge in [-0.3, -0.25) is 4.79 Å². The van der Waals surface area contributed by atoms with E-state index in [-0.39, 0.29) is 17.3 Å². The van der Waals surface area contributed by atoms with E-state index in [1.54, 1.807) is 0 Å². The molecule has 0 bridgehead atoms. The summed E-state index contributed by atoms with van der Waals surface area (Å²) in [6, 6.07) is 1.37. The summed E-state index contributed by atoms with van der Waals surface area (Å²) in [5, 5.41) is 11.4. The maximum absolute atomic E-state index is 10.8. The van der Waals surface area contributed by atoms with E-state index < -0.39 is 5.97 Å². The molecule has 0 saturated carbocycles. The largest absolute Gasteiger partial charge is 0.478 e. The molecule has 1 aromatic rings. The molecule has 6 heteroatoms. The first-order valence-electron chi connectivity index (χ1n) is 5.23. The highest BCUT2D eigenvalue weighted by molar-refractivity contribution is 5.92. The molecular weight excluding hydrogens is 234 g/mol. The molecule has 0 radical (unpaired) electrons. The number of rotatable bonds is 3. The predicted molar refractivity (Wildman–Crippen MR) is 65.8 cm³/mol. The Bertz CT molecular complexity index is 529. The van der Waals surface area contributed by atoms with Gasteiger partial charge in [-0.2, -0.15) is 0 Å². The summed E-state index contributed by atoms with van der Waals surface area (Å²) < 4.78 is 0. The van der Waals surface area contributed by atoms with Gasteiger partial charge < -0.3 is 16.2 Å². The number of aromatic nitrogens is 1. The Hall–Kier alpha value is -2.55. The number of nitrogens with one attached hydrogen (secondary N) is 1. The fourth-order valence-electron chi connectivity index (χ4n) is 1.18. The SMILES string of the molecule is CC(=O)NCCC#Cc1cnc(N)c(C(=O)O)c1. The molecule has 0 aromatic carbocycles. The Kier molecular flexibility index (Phi) is 4.69. The van der Waals surface area contributed by atoms with Crippen molar-refractivity contribution in [1.82, 2.24) is 10.3 Å². The van der Waals surface area contributed by atoms with Crippen LogP contribution in [0.3, 0.4) is 0 Å². The van der Waals surface area contributed by atoms with Crippen LogP contribution in [0.15, 0.2) is 12.3 Å². The second-order valence-corrected chi connectivity index (χ2v) is 3.50. The molecule has 0 fully saturated rings. The summed E-state index contributed by atoms with van der Waals surface area (Å²) in [4.78, 5) is 25.1. The van der Waals surface area contributed by atoms with Crippen LogP contribution in [-0.2, 0) is 4.79 Å². The zero-order chi connectivity index (χ0) is 13.5. The minimum absolute atomic E-state index is 0.0358. The van der Waals surface area contributed by atoms with E-state index >= 15 is 0 Å². The molecule has 1 rings (SSSR count). The molecule has 0 aliphatic heterocycles. The van der Waals surface area contributed by atoms with Gasteiger partial charge in [-0.25, -0.2) is 9.78 Å². The van der Waals surface area contributed by atoms with Crippen LogP contribution < -0.4 is 11.1 Å². The van der Waals surface area contributed by atoms with Crippen molar-refractivity contribution in [2.45, 2.75) is 13.3 Å². The summed E-state index contributed by atoms with van der Waals surface area (Å²) in [6.07, 6.45) is 1.89. The molecule has 0 aliphatic carbocycles. The van der Waals surface area contributed by atoms with Crippen LogP contribution in [0, 0.1) is 11.8 Å². The predicted octanol–water partition coefficient (Wildman–Crippen LogP) is 0.240. The minimum atomic E-state index is -1.14. The summed E-state index contributed by atoms with van der Waals surface area (Å²) >= 11 is 0. The Morgan fingerprint density at radius 3 is 2.89 bits per heavy atom. The van der Waals surface area contributed by atoms with Crippen LogP contribution in [0.5, 0.6) is 0 Å². The molecule has 0 unspecified atom stereocenters. The first-order valence-corrected chi connectivity index (χ1v) is 5.23. The van der Waals surface area contributed by atoms with Gasteiger partial charge in [-0.15, -0.1) is 0 Å². The number of carbonyl (C=O) groups is 2. The average Bonchev–Trinajstić information content (AvgIpc) is 2.30. The maximum Gasteiger partial charge on any atom is 0.339 e. The molecule has 94 valence electrons. The van der Waals surface area contributed by atoms with Crippen LogP contribution in [0.2, 0.25) is 0 Å². The van der Waals surface area contributed by atoms with Gasteiger partial charge in [-0.05, 0) is 6.07 Å². The number of hydrogen-bond acceptors (Lipinski definition) is 4. The quantitative estimate of drug-likeness (QED) is 0.524. The number of carboxylic acid groups (broad SMARTS) is 1. The van der Waals surface area contributed by atoms with E-state index in [4.69, 9.17) is 10.8 Å². The van der Waals surface area contributed by atoms with Gasteiger partial charge in [0.05, 0.1) is 0 Å². The van der Waals surface area contributed by atoms with E-state index in [0.717, 1.165) is 0 Å². The van der Waals surface area contributed by atoms with Gasteiger partial charge in [0.1, 0.15) is 11.4 Å². The molecule has 0 aliphatic rings. The van der Waals surface area contributed by atoms with E-state index in [2.05, 4.69) is 22.1 Å². The van der Waals surface area contributed by atoms with E-state index in [9.17, 15) is 9.59 Å². The number of carboxylic acids is 1. The molecule has 18 heavy (non-hydrogen) atoms. The fourth-order valence-corrected chi connectivity index (χ4v) is 1.18. The second-order valence-electron chi connectivity index (χ2n) is 3.50. The number of nitrogens with zero attached hydrogens (tertiary/aromatic N) is 1. The summed E-state index contributed by atoms with van der Waals surface area (Å²) in [5.74, 6) is 4.28. The molecule has 4 N–H and O–H groups in total. The standard InChI is InChI=1S/C12H13N3O3/c1-8(16)14-5-3-2-4-9-6-10(12(17)18)11(13)15-7-9/h6-7H,3,5H2,1H3,(H2,13,15)(H,14,16)(H,17,18). The van der Waals surface area contributed by atoms with Crippen molar-refractivity contribution >= 4 is 17.7 Å². The molecule has 0 atom stereocenters. The maximum atomic E-state index is 10.8. The van der Waals surface area contributed by atoms with E-state index in [1.807, 2.05) is 0 Å². The number of nitrogens with two attached hydrogens (primary N) is 1. The average molecular weight is 247 g/mol. The van der Waals surface area contributed by atoms with Crippen LogP contribution in [0.4, 0.5) is 5.82 Å².